The largest absolute Gasteiger partial charge is 0.459 e. The van der Waals surface area contributed by atoms with Crippen molar-refractivity contribution in [3.63, 3.8) is 0 Å². The lowest BCUT2D eigenvalue weighted by Crippen LogP contribution is -2.28. The Balaban J connectivity index is 2.08. The molecule has 0 aliphatic carbocycles. The lowest BCUT2D eigenvalue weighted by molar-refractivity contribution is 0.477. The van der Waals surface area contributed by atoms with E-state index in [1.165, 1.54) is 12.1 Å². The fraction of sp³-hybridized carbons (Fsp3) is 0.176. The van der Waals surface area contributed by atoms with Crippen molar-refractivity contribution in [1.82, 2.24) is 5.43 Å². The number of benzene rings is 2. The van der Waals surface area contributed by atoms with Gasteiger partial charge in [-0.1, -0.05) is 29.3 Å². The molecule has 2 aromatic carbocycles. The van der Waals surface area contributed by atoms with Crippen molar-refractivity contribution in [3.8, 4) is 0 Å². The van der Waals surface area contributed by atoms with Gasteiger partial charge >= 0.3 is 0 Å². The average molecular weight is 284 g/mol. The molecule has 1 atom stereocenters. The van der Waals surface area contributed by atoms with E-state index < -0.39 is 0 Å². The summed E-state index contributed by atoms with van der Waals surface area (Å²) in [4.78, 5) is 0. The van der Waals surface area contributed by atoms with E-state index >= 15 is 0 Å². The Kier molecular flexibility index (Phi) is 3.49. The first-order chi connectivity index (χ1) is 10.1. The number of rotatable bonds is 3. The second-order valence-electron chi connectivity index (χ2n) is 5.35. The molecular weight excluding hydrogens is 267 g/mol. The molecule has 1 aromatic heterocycles. The molecule has 1 unspecified atom stereocenters. The Morgan fingerprint density at radius 3 is 2.43 bits per heavy atom. The highest BCUT2D eigenvalue weighted by molar-refractivity contribution is 5.78. The van der Waals surface area contributed by atoms with Crippen molar-refractivity contribution in [3.05, 3.63) is 70.7 Å². The minimum Gasteiger partial charge on any atom is -0.459 e. The van der Waals surface area contributed by atoms with Crippen molar-refractivity contribution in [2.45, 2.75) is 19.9 Å². The standard InChI is InChI=1S/C17H17FN2O/c1-10-5-11(2)7-13(6-10)17(20-19)16-9-12-8-14(18)3-4-15(12)21-16/h3-9,17,20H,19H2,1-2H3. The van der Waals surface area contributed by atoms with Crippen LogP contribution in [0.5, 0.6) is 0 Å². The molecule has 0 aliphatic rings. The van der Waals surface area contributed by atoms with Gasteiger partial charge in [0.1, 0.15) is 23.2 Å². The molecule has 108 valence electrons. The van der Waals surface area contributed by atoms with Crippen LogP contribution in [0.1, 0.15) is 28.5 Å². The van der Waals surface area contributed by atoms with Crippen LogP contribution in [-0.2, 0) is 0 Å². The third kappa shape index (κ3) is 2.68. The second kappa shape index (κ2) is 5.31. The number of hydrogen-bond donors (Lipinski definition) is 2. The minimum atomic E-state index is -0.279. The van der Waals surface area contributed by atoms with Crippen LogP contribution in [0.4, 0.5) is 4.39 Å². The first kappa shape index (κ1) is 13.8. The van der Waals surface area contributed by atoms with Crippen LogP contribution in [0.2, 0.25) is 0 Å². The van der Waals surface area contributed by atoms with Crippen LogP contribution in [0, 0.1) is 19.7 Å². The lowest BCUT2D eigenvalue weighted by Gasteiger charge is -2.15. The number of fused-ring (bicyclic) bond motifs is 1. The molecule has 3 rings (SSSR count). The predicted octanol–water partition coefficient (Wildman–Crippen LogP) is 3.74. The summed E-state index contributed by atoms with van der Waals surface area (Å²) in [5, 5.41) is 0.731. The molecule has 0 saturated heterocycles. The topological polar surface area (TPSA) is 51.2 Å². The Morgan fingerprint density at radius 2 is 1.76 bits per heavy atom. The molecule has 0 radical (unpaired) electrons. The number of nitrogens with two attached hydrogens (primary N) is 1. The molecule has 0 aliphatic heterocycles. The number of hydrogen-bond acceptors (Lipinski definition) is 3. The van der Waals surface area contributed by atoms with Crippen LogP contribution in [0.3, 0.4) is 0 Å². The monoisotopic (exact) mass is 284 g/mol. The van der Waals surface area contributed by atoms with E-state index in [9.17, 15) is 4.39 Å². The molecule has 21 heavy (non-hydrogen) atoms. The molecule has 0 amide bonds. The van der Waals surface area contributed by atoms with Crippen LogP contribution in [0.25, 0.3) is 11.0 Å². The van der Waals surface area contributed by atoms with Gasteiger partial charge in [0.2, 0.25) is 0 Å². The summed E-state index contributed by atoms with van der Waals surface area (Å²) in [5.41, 5.74) is 6.77. The van der Waals surface area contributed by atoms with Crippen molar-refractivity contribution in [2.75, 3.05) is 0 Å². The summed E-state index contributed by atoms with van der Waals surface area (Å²) < 4.78 is 19.1. The summed E-state index contributed by atoms with van der Waals surface area (Å²) in [6.45, 7) is 4.08. The number of halogens is 1. The molecule has 0 spiro atoms. The second-order valence-corrected chi connectivity index (χ2v) is 5.35. The predicted molar refractivity (Wildman–Crippen MR) is 81.3 cm³/mol. The van der Waals surface area contributed by atoms with E-state index in [2.05, 4.69) is 23.6 Å². The lowest BCUT2D eigenvalue weighted by atomic mass is 10.00. The summed E-state index contributed by atoms with van der Waals surface area (Å²) >= 11 is 0. The summed E-state index contributed by atoms with van der Waals surface area (Å²) in [7, 11) is 0. The van der Waals surface area contributed by atoms with Crippen LogP contribution >= 0.6 is 0 Å². The highest BCUT2D eigenvalue weighted by atomic mass is 19.1. The third-order valence-electron chi connectivity index (χ3n) is 3.53. The molecule has 0 bridgehead atoms. The smallest absolute Gasteiger partial charge is 0.134 e. The molecule has 3 nitrogen and oxygen atoms in total. The molecule has 1 heterocycles. The average Bonchev–Trinajstić information content (AvgIpc) is 2.81. The number of furan rings is 1. The highest BCUT2D eigenvalue weighted by Crippen LogP contribution is 2.29. The maximum Gasteiger partial charge on any atom is 0.134 e. The molecule has 4 heteroatoms. The minimum absolute atomic E-state index is 0.265. The van der Waals surface area contributed by atoms with Gasteiger partial charge in [0, 0.05) is 5.39 Å². The molecular formula is C17H17FN2O. The molecule has 3 N–H and O–H groups in total. The van der Waals surface area contributed by atoms with Gasteiger partial charge in [0.25, 0.3) is 0 Å². The van der Waals surface area contributed by atoms with E-state index in [1.54, 1.807) is 6.07 Å². The van der Waals surface area contributed by atoms with E-state index in [-0.39, 0.29) is 11.9 Å². The molecule has 0 fully saturated rings. The van der Waals surface area contributed by atoms with Gasteiger partial charge < -0.3 is 4.42 Å². The van der Waals surface area contributed by atoms with Gasteiger partial charge in [-0.3, -0.25) is 5.84 Å². The van der Waals surface area contributed by atoms with Crippen LogP contribution in [-0.4, -0.2) is 0 Å². The Hall–Kier alpha value is -2.17. The Morgan fingerprint density at radius 1 is 1.05 bits per heavy atom. The zero-order chi connectivity index (χ0) is 15.0. The zero-order valence-corrected chi connectivity index (χ0v) is 12.0. The summed E-state index contributed by atoms with van der Waals surface area (Å²) in [5.74, 6) is 6.10. The van der Waals surface area contributed by atoms with Crippen molar-refractivity contribution in [2.24, 2.45) is 5.84 Å². The Labute approximate surface area is 122 Å². The van der Waals surface area contributed by atoms with Gasteiger partial charge in [0.15, 0.2) is 0 Å². The zero-order valence-electron chi connectivity index (χ0n) is 12.0. The maximum atomic E-state index is 13.3. The van der Waals surface area contributed by atoms with Gasteiger partial charge in [-0.15, -0.1) is 0 Å². The van der Waals surface area contributed by atoms with Crippen molar-refractivity contribution in [1.29, 1.82) is 0 Å². The number of nitrogens with one attached hydrogen (secondary N) is 1. The SMILES string of the molecule is Cc1cc(C)cc(C(NN)c2cc3cc(F)ccc3o2)c1. The van der Waals surface area contributed by atoms with Gasteiger partial charge in [-0.25, -0.2) is 9.82 Å². The summed E-state index contributed by atoms with van der Waals surface area (Å²) in [6.07, 6.45) is 0. The fourth-order valence-electron chi connectivity index (χ4n) is 2.70. The van der Waals surface area contributed by atoms with Gasteiger partial charge in [-0.05, 0) is 43.7 Å². The van der Waals surface area contributed by atoms with Crippen molar-refractivity contribution >= 4 is 11.0 Å². The van der Waals surface area contributed by atoms with E-state index in [1.807, 2.05) is 19.9 Å². The van der Waals surface area contributed by atoms with E-state index in [0.717, 1.165) is 22.1 Å². The van der Waals surface area contributed by atoms with Gasteiger partial charge in [0.05, 0.1) is 0 Å². The van der Waals surface area contributed by atoms with E-state index in [4.69, 9.17) is 10.3 Å². The number of hydrazine groups is 1. The normalized spacial score (nSPS) is 12.8. The maximum absolute atomic E-state index is 13.3. The first-order valence-corrected chi connectivity index (χ1v) is 6.80. The number of aryl methyl sites for hydroxylation is 2. The molecule has 0 saturated carbocycles. The third-order valence-corrected chi connectivity index (χ3v) is 3.53. The van der Waals surface area contributed by atoms with Crippen LogP contribution < -0.4 is 11.3 Å². The van der Waals surface area contributed by atoms with Crippen LogP contribution in [0.15, 0.2) is 46.9 Å². The summed E-state index contributed by atoms with van der Waals surface area (Å²) in [6, 6.07) is 12.2. The first-order valence-electron chi connectivity index (χ1n) is 6.80. The Bertz CT molecular complexity index is 774. The highest BCUT2D eigenvalue weighted by Gasteiger charge is 2.18. The quantitative estimate of drug-likeness (QED) is 0.569. The fourth-order valence-corrected chi connectivity index (χ4v) is 2.70. The molecule has 3 aromatic rings. The van der Waals surface area contributed by atoms with Gasteiger partial charge in [-0.2, -0.15) is 0 Å². The van der Waals surface area contributed by atoms with E-state index in [0.29, 0.717) is 11.3 Å². The van der Waals surface area contributed by atoms with Crippen molar-refractivity contribution < 1.29 is 8.81 Å².